The Kier molecular flexibility index (Phi) is 2.74. The molecule has 1 nitrogen and oxygen atoms in total. The van der Waals surface area contributed by atoms with Crippen LogP contribution in [0.5, 0.6) is 5.75 Å². The minimum absolute atomic E-state index is 0.235. The van der Waals surface area contributed by atoms with Gasteiger partial charge in [-0.05, 0) is 53.6 Å². The van der Waals surface area contributed by atoms with Gasteiger partial charge in [0.1, 0.15) is 17.3 Å². The van der Waals surface area contributed by atoms with Gasteiger partial charge in [-0.15, -0.1) is 0 Å². The number of fused-ring (bicyclic) bond motifs is 3. The first kappa shape index (κ1) is 12.2. The molecular formula is C19H13FO. The third kappa shape index (κ3) is 2.09. The average Bonchev–Trinajstić information content (AvgIpc) is 2.55. The van der Waals surface area contributed by atoms with Crippen LogP contribution in [0.3, 0.4) is 0 Å². The summed E-state index contributed by atoms with van der Waals surface area (Å²) >= 11 is 0. The van der Waals surface area contributed by atoms with E-state index in [1.165, 1.54) is 28.5 Å². The molecular weight excluding hydrogens is 263 g/mol. The normalized spacial score (nSPS) is 13.5. The van der Waals surface area contributed by atoms with Crippen molar-refractivity contribution in [3.8, 4) is 5.75 Å². The highest BCUT2D eigenvalue weighted by atomic mass is 19.1. The van der Waals surface area contributed by atoms with Crippen LogP contribution in [-0.4, -0.2) is 0 Å². The Morgan fingerprint density at radius 2 is 1.67 bits per heavy atom. The minimum atomic E-state index is -0.235. The molecule has 0 radical (unpaired) electrons. The van der Waals surface area contributed by atoms with Gasteiger partial charge < -0.3 is 4.74 Å². The molecule has 0 aromatic heterocycles. The van der Waals surface area contributed by atoms with E-state index in [1.807, 2.05) is 18.2 Å². The number of rotatable bonds is 1. The van der Waals surface area contributed by atoms with Crippen molar-refractivity contribution in [1.82, 2.24) is 0 Å². The maximum Gasteiger partial charge on any atom is 0.131 e. The average molecular weight is 276 g/mol. The van der Waals surface area contributed by atoms with Crippen LogP contribution in [0.1, 0.15) is 11.1 Å². The Labute approximate surface area is 122 Å². The van der Waals surface area contributed by atoms with Gasteiger partial charge in [-0.1, -0.05) is 30.3 Å². The summed E-state index contributed by atoms with van der Waals surface area (Å²) in [6.07, 6.45) is 2.88. The SMILES string of the molecule is Fc1ccc(C2=CCc3c(ccc4ccccc34)O2)cc1. The molecule has 21 heavy (non-hydrogen) atoms. The zero-order valence-electron chi connectivity index (χ0n) is 11.3. The number of hydrogen-bond acceptors (Lipinski definition) is 1. The lowest BCUT2D eigenvalue weighted by molar-refractivity contribution is 0.499. The minimum Gasteiger partial charge on any atom is -0.457 e. The Morgan fingerprint density at radius 3 is 2.52 bits per heavy atom. The first-order chi connectivity index (χ1) is 10.3. The first-order valence-electron chi connectivity index (χ1n) is 6.96. The molecule has 0 N–H and O–H groups in total. The molecule has 0 bridgehead atoms. The number of benzene rings is 3. The lowest BCUT2D eigenvalue weighted by Crippen LogP contribution is -2.04. The van der Waals surface area contributed by atoms with Gasteiger partial charge in [0, 0.05) is 11.1 Å². The summed E-state index contributed by atoms with van der Waals surface area (Å²) in [7, 11) is 0. The van der Waals surface area contributed by atoms with Gasteiger partial charge in [-0.3, -0.25) is 0 Å². The second kappa shape index (κ2) is 4.74. The first-order valence-corrected chi connectivity index (χ1v) is 6.96. The molecule has 2 heteroatoms. The Bertz CT molecular complexity index is 847. The van der Waals surface area contributed by atoms with Crippen molar-refractivity contribution in [2.24, 2.45) is 0 Å². The molecule has 0 fully saturated rings. The molecule has 1 aliphatic heterocycles. The van der Waals surface area contributed by atoms with Gasteiger partial charge in [-0.2, -0.15) is 0 Å². The Hall–Kier alpha value is -2.61. The number of hydrogen-bond donors (Lipinski definition) is 0. The fourth-order valence-corrected chi connectivity index (χ4v) is 2.77. The van der Waals surface area contributed by atoms with E-state index < -0.39 is 0 Å². The van der Waals surface area contributed by atoms with Gasteiger partial charge in [-0.25, -0.2) is 4.39 Å². The highest BCUT2D eigenvalue weighted by molar-refractivity contribution is 5.89. The zero-order chi connectivity index (χ0) is 14.2. The van der Waals surface area contributed by atoms with E-state index in [-0.39, 0.29) is 5.82 Å². The molecule has 0 unspecified atom stereocenters. The van der Waals surface area contributed by atoms with E-state index in [2.05, 4.69) is 24.3 Å². The third-order valence-electron chi connectivity index (χ3n) is 3.84. The fourth-order valence-electron chi connectivity index (χ4n) is 2.77. The van der Waals surface area contributed by atoms with Crippen molar-refractivity contribution in [3.05, 3.63) is 83.7 Å². The summed E-state index contributed by atoms with van der Waals surface area (Å²) in [6.45, 7) is 0. The molecule has 4 rings (SSSR count). The summed E-state index contributed by atoms with van der Waals surface area (Å²) in [4.78, 5) is 0. The van der Waals surface area contributed by atoms with Crippen molar-refractivity contribution in [1.29, 1.82) is 0 Å². The number of allylic oxidation sites excluding steroid dienone is 1. The summed E-state index contributed by atoms with van der Waals surface area (Å²) < 4.78 is 19.0. The lowest BCUT2D eigenvalue weighted by Gasteiger charge is -2.20. The Balaban J connectivity index is 1.76. The molecule has 0 saturated carbocycles. The molecule has 0 saturated heterocycles. The van der Waals surface area contributed by atoms with E-state index in [0.29, 0.717) is 0 Å². The van der Waals surface area contributed by atoms with Crippen LogP contribution in [-0.2, 0) is 6.42 Å². The van der Waals surface area contributed by atoms with Gasteiger partial charge in [0.2, 0.25) is 0 Å². The van der Waals surface area contributed by atoms with Crippen molar-refractivity contribution in [2.75, 3.05) is 0 Å². The van der Waals surface area contributed by atoms with Crippen LogP contribution in [0, 0.1) is 5.82 Å². The molecule has 3 aromatic rings. The van der Waals surface area contributed by atoms with Crippen molar-refractivity contribution in [3.63, 3.8) is 0 Å². The summed E-state index contributed by atoms with van der Waals surface area (Å²) in [6, 6.07) is 18.8. The van der Waals surface area contributed by atoms with Crippen molar-refractivity contribution < 1.29 is 9.13 Å². The molecule has 0 atom stereocenters. The van der Waals surface area contributed by atoms with Gasteiger partial charge >= 0.3 is 0 Å². The monoisotopic (exact) mass is 276 g/mol. The maximum absolute atomic E-state index is 13.0. The van der Waals surface area contributed by atoms with Gasteiger partial charge in [0.25, 0.3) is 0 Å². The standard InChI is InChI=1S/C19H13FO/c20-15-8-5-14(6-9-15)18-12-10-17-16-4-2-1-3-13(16)7-11-19(17)21-18/h1-9,11-12H,10H2. The van der Waals surface area contributed by atoms with Crippen LogP contribution in [0.25, 0.3) is 16.5 Å². The zero-order valence-corrected chi connectivity index (χ0v) is 11.3. The van der Waals surface area contributed by atoms with E-state index in [1.54, 1.807) is 12.1 Å². The third-order valence-corrected chi connectivity index (χ3v) is 3.84. The summed E-state index contributed by atoms with van der Waals surface area (Å²) in [5.74, 6) is 1.44. The topological polar surface area (TPSA) is 9.23 Å². The van der Waals surface area contributed by atoms with Crippen LogP contribution in [0.15, 0.2) is 66.7 Å². The largest absolute Gasteiger partial charge is 0.457 e. The molecule has 102 valence electrons. The highest BCUT2D eigenvalue weighted by Crippen LogP contribution is 2.35. The molecule has 0 aliphatic carbocycles. The predicted molar refractivity (Wildman–Crippen MR) is 82.7 cm³/mol. The lowest BCUT2D eigenvalue weighted by atomic mass is 9.98. The molecule has 3 aromatic carbocycles. The molecule has 1 aliphatic rings. The van der Waals surface area contributed by atoms with Crippen molar-refractivity contribution in [2.45, 2.75) is 6.42 Å². The smallest absolute Gasteiger partial charge is 0.131 e. The second-order valence-electron chi connectivity index (χ2n) is 5.14. The van der Waals surface area contributed by atoms with E-state index in [0.717, 1.165) is 23.5 Å². The van der Waals surface area contributed by atoms with Gasteiger partial charge in [0.15, 0.2) is 0 Å². The van der Waals surface area contributed by atoms with Gasteiger partial charge in [0.05, 0.1) is 0 Å². The van der Waals surface area contributed by atoms with E-state index >= 15 is 0 Å². The van der Waals surface area contributed by atoms with Crippen LogP contribution in [0.4, 0.5) is 4.39 Å². The fraction of sp³-hybridized carbons (Fsp3) is 0.0526. The number of ether oxygens (including phenoxy) is 1. The molecule has 0 amide bonds. The van der Waals surface area contributed by atoms with Crippen LogP contribution in [0.2, 0.25) is 0 Å². The predicted octanol–water partition coefficient (Wildman–Crippen LogP) is 4.95. The summed E-state index contributed by atoms with van der Waals surface area (Å²) in [5, 5.41) is 2.45. The van der Waals surface area contributed by atoms with Crippen LogP contribution >= 0.6 is 0 Å². The molecule has 1 heterocycles. The van der Waals surface area contributed by atoms with Crippen molar-refractivity contribution >= 4 is 16.5 Å². The molecule has 0 spiro atoms. The quantitative estimate of drug-likeness (QED) is 0.610. The summed E-state index contributed by atoms with van der Waals surface area (Å²) in [5.41, 5.74) is 2.11. The van der Waals surface area contributed by atoms with E-state index in [4.69, 9.17) is 4.74 Å². The second-order valence-corrected chi connectivity index (χ2v) is 5.14. The highest BCUT2D eigenvalue weighted by Gasteiger charge is 2.16. The Morgan fingerprint density at radius 1 is 0.857 bits per heavy atom. The maximum atomic E-state index is 13.0. The number of halogens is 1. The van der Waals surface area contributed by atoms with Crippen LogP contribution < -0.4 is 4.74 Å². The van der Waals surface area contributed by atoms with E-state index in [9.17, 15) is 4.39 Å².